The van der Waals surface area contributed by atoms with E-state index in [-0.39, 0.29) is 11.8 Å². The topological polar surface area (TPSA) is 67.2 Å². The lowest BCUT2D eigenvalue weighted by Gasteiger charge is -2.12. The average molecular weight is 433 g/mol. The van der Waals surface area contributed by atoms with Gasteiger partial charge in [-0.3, -0.25) is 9.59 Å². The highest BCUT2D eigenvalue weighted by Gasteiger charge is 2.16. The SMILES string of the molecule is Cc1cc(C(=O)Nc2ccc(C(=O)N(C)C)cc2)n(-c2ccc3cc(Cl)ccc3c2)n1. The summed E-state index contributed by atoms with van der Waals surface area (Å²) in [6.45, 7) is 1.84. The number of rotatable bonds is 4. The van der Waals surface area contributed by atoms with Gasteiger partial charge in [0.15, 0.2) is 0 Å². The van der Waals surface area contributed by atoms with E-state index in [1.807, 2.05) is 43.3 Å². The zero-order valence-corrected chi connectivity index (χ0v) is 18.1. The summed E-state index contributed by atoms with van der Waals surface area (Å²) in [6.07, 6.45) is 0. The van der Waals surface area contributed by atoms with Gasteiger partial charge in [-0.25, -0.2) is 4.68 Å². The predicted octanol–water partition coefficient (Wildman–Crippen LogP) is 4.94. The Morgan fingerprint density at radius 3 is 2.32 bits per heavy atom. The molecule has 0 aliphatic rings. The lowest BCUT2D eigenvalue weighted by molar-refractivity contribution is 0.0827. The van der Waals surface area contributed by atoms with Gasteiger partial charge in [0, 0.05) is 30.4 Å². The Hall–Kier alpha value is -3.64. The van der Waals surface area contributed by atoms with Crippen molar-refractivity contribution in [2.24, 2.45) is 0 Å². The molecular formula is C24H21ClN4O2. The van der Waals surface area contributed by atoms with Gasteiger partial charge in [-0.1, -0.05) is 23.7 Å². The van der Waals surface area contributed by atoms with E-state index in [2.05, 4.69) is 10.4 Å². The molecule has 0 fully saturated rings. The highest BCUT2D eigenvalue weighted by atomic mass is 35.5. The first-order valence-electron chi connectivity index (χ1n) is 9.71. The number of aryl methyl sites for hydroxylation is 1. The Balaban J connectivity index is 1.62. The summed E-state index contributed by atoms with van der Waals surface area (Å²) in [5.41, 5.74) is 3.08. The molecular weight excluding hydrogens is 412 g/mol. The van der Waals surface area contributed by atoms with Gasteiger partial charge in [0.05, 0.1) is 11.4 Å². The van der Waals surface area contributed by atoms with Gasteiger partial charge in [0.25, 0.3) is 11.8 Å². The van der Waals surface area contributed by atoms with Gasteiger partial charge in [-0.15, -0.1) is 0 Å². The van der Waals surface area contributed by atoms with Crippen LogP contribution in [0.1, 0.15) is 26.5 Å². The third-order valence-corrected chi connectivity index (χ3v) is 5.13. The van der Waals surface area contributed by atoms with Crippen LogP contribution in [0.25, 0.3) is 16.5 Å². The van der Waals surface area contributed by atoms with E-state index in [4.69, 9.17) is 11.6 Å². The molecule has 1 aromatic heterocycles. The molecule has 0 saturated carbocycles. The minimum absolute atomic E-state index is 0.0934. The highest BCUT2D eigenvalue weighted by Crippen LogP contribution is 2.23. The number of carbonyl (C=O) groups is 2. The summed E-state index contributed by atoms with van der Waals surface area (Å²) in [4.78, 5) is 26.5. The van der Waals surface area contributed by atoms with Crippen molar-refractivity contribution in [1.82, 2.24) is 14.7 Å². The Bertz CT molecular complexity index is 1290. The van der Waals surface area contributed by atoms with Crippen LogP contribution in [0.4, 0.5) is 5.69 Å². The molecule has 0 saturated heterocycles. The standard InChI is InChI=1S/C24H21ClN4O2/c1-15-12-22(23(30)26-20-9-5-16(6-10-20)24(31)28(2)3)29(27-15)21-11-7-17-13-19(25)8-4-18(17)14-21/h4-14H,1-3H3,(H,26,30). The maximum atomic E-state index is 13.0. The van der Waals surface area contributed by atoms with Crippen LogP contribution in [0.3, 0.4) is 0 Å². The highest BCUT2D eigenvalue weighted by molar-refractivity contribution is 6.31. The van der Waals surface area contributed by atoms with Crippen LogP contribution in [-0.4, -0.2) is 40.6 Å². The molecule has 4 rings (SSSR count). The number of aromatic nitrogens is 2. The summed E-state index contributed by atoms with van der Waals surface area (Å²) < 4.78 is 1.63. The van der Waals surface area contributed by atoms with Crippen molar-refractivity contribution in [1.29, 1.82) is 0 Å². The molecule has 0 spiro atoms. The van der Waals surface area contributed by atoms with Gasteiger partial charge in [0.2, 0.25) is 0 Å². The minimum Gasteiger partial charge on any atom is -0.345 e. The van der Waals surface area contributed by atoms with Crippen LogP contribution < -0.4 is 5.32 Å². The van der Waals surface area contributed by atoms with Crippen LogP contribution >= 0.6 is 11.6 Å². The first-order valence-corrected chi connectivity index (χ1v) is 10.1. The fourth-order valence-corrected chi connectivity index (χ4v) is 3.52. The third-order valence-electron chi connectivity index (χ3n) is 4.89. The van der Waals surface area contributed by atoms with E-state index in [0.29, 0.717) is 22.0 Å². The number of amides is 2. The van der Waals surface area contributed by atoms with E-state index >= 15 is 0 Å². The number of nitrogens with zero attached hydrogens (tertiary/aromatic N) is 3. The molecule has 0 radical (unpaired) electrons. The molecule has 4 aromatic rings. The Labute approximate surface area is 185 Å². The normalized spacial score (nSPS) is 10.8. The summed E-state index contributed by atoms with van der Waals surface area (Å²) >= 11 is 6.07. The van der Waals surface area contributed by atoms with Gasteiger partial charge in [-0.05, 0) is 72.3 Å². The molecule has 0 atom stereocenters. The van der Waals surface area contributed by atoms with Crippen LogP contribution in [0.2, 0.25) is 5.02 Å². The Morgan fingerprint density at radius 1 is 0.935 bits per heavy atom. The van der Waals surface area contributed by atoms with Crippen molar-refractivity contribution in [3.63, 3.8) is 0 Å². The Kier molecular flexibility index (Phi) is 5.48. The van der Waals surface area contributed by atoms with E-state index in [1.54, 1.807) is 49.1 Å². The van der Waals surface area contributed by atoms with Crippen molar-refractivity contribution >= 4 is 39.9 Å². The van der Waals surface area contributed by atoms with Crippen LogP contribution in [0.5, 0.6) is 0 Å². The average Bonchev–Trinajstić information content (AvgIpc) is 3.15. The number of benzene rings is 3. The van der Waals surface area contributed by atoms with E-state index in [1.165, 1.54) is 4.90 Å². The molecule has 31 heavy (non-hydrogen) atoms. The van der Waals surface area contributed by atoms with Gasteiger partial charge in [-0.2, -0.15) is 5.10 Å². The van der Waals surface area contributed by atoms with E-state index in [9.17, 15) is 9.59 Å². The largest absolute Gasteiger partial charge is 0.345 e. The summed E-state index contributed by atoms with van der Waals surface area (Å²) in [6, 6.07) is 20.0. The quantitative estimate of drug-likeness (QED) is 0.496. The fourth-order valence-electron chi connectivity index (χ4n) is 3.34. The monoisotopic (exact) mass is 432 g/mol. The Morgan fingerprint density at radius 2 is 1.61 bits per heavy atom. The smallest absolute Gasteiger partial charge is 0.274 e. The summed E-state index contributed by atoms with van der Waals surface area (Å²) in [5, 5.41) is 10.1. The second-order valence-electron chi connectivity index (χ2n) is 7.49. The van der Waals surface area contributed by atoms with Crippen LogP contribution in [0, 0.1) is 6.92 Å². The maximum absolute atomic E-state index is 13.0. The predicted molar refractivity (Wildman–Crippen MR) is 123 cm³/mol. The zero-order chi connectivity index (χ0) is 22.1. The second-order valence-corrected chi connectivity index (χ2v) is 7.93. The van der Waals surface area contributed by atoms with E-state index in [0.717, 1.165) is 22.2 Å². The number of nitrogens with one attached hydrogen (secondary N) is 1. The van der Waals surface area contributed by atoms with Crippen molar-refractivity contribution in [3.05, 3.63) is 88.7 Å². The third kappa shape index (κ3) is 4.29. The molecule has 0 aliphatic heterocycles. The number of hydrogen-bond acceptors (Lipinski definition) is 3. The number of halogens is 1. The number of carbonyl (C=O) groups excluding carboxylic acids is 2. The van der Waals surface area contributed by atoms with Crippen molar-refractivity contribution in [2.45, 2.75) is 6.92 Å². The van der Waals surface area contributed by atoms with Gasteiger partial charge in [0.1, 0.15) is 5.69 Å². The maximum Gasteiger partial charge on any atom is 0.274 e. The molecule has 0 aliphatic carbocycles. The molecule has 7 heteroatoms. The molecule has 1 heterocycles. The zero-order valence-electron chi connectivity index (χ0n) is 17.4. The molecule has 3 aromatic carbocycles. The molecule has 156 valence electrons. The molecule has 0 bridgehead atoms. The number of hydrogen-bond donors (Lipinski definition) is 1. The molecule has 6 nitrogen and oxygen atoms in total. The molecule has 1 N–H and O–H groups in total. The number of anilines is 1. The van der Waals surface area contributed by atoms with Crippen LogP contribution in [0.15, 0.2) is 66.7 Å². The first-order chi connectivity index (χ1) is 14.8. The van der Waals surface area contributed by atoms with Gasteiger partial charge < -0.3 is 10.2 Å². The van der Waals surface area contributed by atoms with Crippen molar-refractivity contribution in [2.75, 3.05) is 19.4 Å². The molecule has 0 unspecified atom stereocenters. The number of fused-ring (bicyclic) bond motifs is 1. The summed E-state index contributed by atoms with van der Waals surface area (Å²) in [5.74, 6) is -0.382. The fraction of sp³-hybridized carbons (Fsp3) is 0.125. The van der Waals surface area contributed by atoms with Crippen LogP contribution in [-0.2, 0) is 0 Å². The molecule has 2 amide bonds. The lowest BCUT2D eigenvalue weighted by Crippen LogP contribution is -2.21. The minimum atomic E-state index is -0.288. The van der Waals surface area contributed by atoms with Crippen molar-refractivity contribution in [3.8, 4) is 5.69 Å². The first kappa shape index (κ1) is 20.6. The van der Waals surface area contributed by atoms with Gasteiger partial charge >= 0.3 is 0 Å². The summed E-state index contributed by atoms with van der Waals surface area (Å²) in [7, 11) is 3.39. The van der Waals surface area contributed by atoms with E-state index < -0.39 is 0 Å². The lowest BCUT2D eigenvalue weighted by atomic mass is 10.1. The van der Waals surface area contributed by atoms with Crippen molar-refractivity contribution < 1.29 is 9.59 Å². The second kappa shape index (κ2) is 8.24.